The highest BCUT2D eigenvalue weighted by atomic mass is 32.2. The maximum atomic E-state index is 12.6. The molecule has 1 heterocycles. The Morgan fingerprint density at radius 3 is 2.78 bits per heavy atom. The van der Waals surface area contributed by atoms with Crippen LogP contribution in [0.15, 0.2) is 54.6 Å². The number of nitrogens with one attached hydrogen (secondary N) is 1. The van der Waals surface area contributed by atoms with E-state index in [-0.39, 0.29) is 11.8 Å². The van der Waals surface area contributed by atoms with Gasteiger partial charge in [-0.2, -0.15) is 0 Å². The van der Waals surface area contributed by atoms with E-state index in [0.29, 0.717) is 36.1 Å². The van der Waals surface area contributed by atoms with Crippen molar-refractivity contribution in [2.75, 3.05) is 23.6 Å². The van der Waals surface area contributed by atoms with E-state index in [4.69, 9.17) is 4.74 Å². The number of nitrogens with zero attached hydrogens (tertiary/aromatic N) is 1. The minimum Gasteiger partial charge on any atom is -0.493 e. The fourth-order valence-corrected chi connectivity index (χ4v) is 4.11. The van der Waals surface area contributed by atoms with Crippen molar-refractivity contribution in [3.8, 4) is 5.75 Å². The molecule has 1 fully saturated rings. The molecule has 1 N–H and O–H groups in total. The molecule has 2 amide bonds. The van der Waals surface area contributed by atoms with Crippen LogP contribution in [-0.2, 0) is 16.0 Å². The van der Waals surface area contributed by atoms with E-state index < -0.39 is 6.04 Å². The van der Waals surface area contributed by atoms with Crippen molar-refractivity contribution < 1.29 is 14.3 Å². The van der Waals surface area contributed by atoms with Gasteiger partial charge in [-0.05, 0) is 17.7 Å². The number of anilines is 1. The first kappa shape index (κ1) is 19.3. The van der Waals surface area contributed by atoms with Gasteiger partial charge in [-0.3, -0.25) is 9.59 Å². The minimum absolute atomic E-state index is 0.0122. The Labute approximate surface area is 164 Å². The van der Waals surface area contributed by atoms with Crippen molar-refractivity contribution in [3.63, 3.8) is 0 Å². The fraction of sp³-hybridized carbons (Fsp3) is 0.333. The third-order valence-corrected chi connectivity index (χ3v) is 5.42. The molecule has 1 aliphatic heterocycles. The standard InChI is InChI=1S/C21H24N2O3S/c1-2-20(24)23-15-27-14-19(23)21(25)22-17-9-6-10-18(13-17)26-12-11-16-7-4-3-5-8-16/h3-10,13,19H,2,11-12,14-15H2,1H3,(H,22,25). The Bertz CT molecular complexity index is 782. The van der Waals surface area contributed by atoms with Crippen LogP contribution in [0.1, 0.15) is 18.9 Å². The summed E-state index contributed by atoms with van der Waals surface area (Å²) in [5.41, 5.74) is 1.90. The highest BCUT2D eigenvalue weighted by molar-refractivity contribution is 7.99. The molecule has 5 nitrogen and oxygen atoms in total. The number of amides is 2. The smallest absolute Gasteiger partial charge is 0.248 e. The monoisotopic (exact) mass is 384 g/mol. The van der Waals surface area contributed by atoms with Crippen molar-refractivity contribution in [1.29, 1.82) is 0 Å². The molecule has 1 atom stereocenters. The van der Waals surface area contributed by atoms with Gasteiger partial charge >= 0.3 is 0 Å². The predicted octanol–water partition coefficient (Wildman–Crippen LogP) is 3.56. The Hall–Kier alpha value is -2.47. The Balaban J connectivity index is 1.55. The predicted molar refractivity (Wildman–Crippen MR) is 109 cm³/mol. The summed E-state index contributed by atoms with van der Waals surface area (Å²) in [7, 11) is 0. The lowest BCUT2D eigenvalue weighted by Gasteiger charge is -2.22. The number of hydrogen-bond donors (Lipinski definition) is 1. The first-order chi connectivity index (χ1) is 13.2. The fourth-order valence-electron chi connectivity index (χ4n) is 2.93. The van der Waals surface area contributed by atoms with Gasteiger partial charge in [0.2, 0.25) is 11.8 Å². The maximum absolute atomic E-state index is 12.6. The number of benzene rings is 2. The molecule has 6 heteroatoms. The van der Waals surface area contributed by atoms with Crippen molar-refractivity contribution in [3.05, 3.63) is 60.2 Å². The van der Waals surface area contributed by atoms with Crippen LogP contribution in [-0.4, -0.2) is 41.0 Å². The summed E-state index contributed by atoms with van der Waals surface area (Å²) in [6.45, 7) is 2.38. The molecule has 0 aromatic heterocycles. The zero-order valence-electron chi connectivity index (χ0n) is 15.4. The molecule has 142 valence electrons. The summed E-state index contributed by atoms with van der Waals surface area (Å²) in [5, 5.41) is 2.92. The average Bonchev–Trinajstić information content (AvgIpc) is 3.18. The molecule has 0 bridgehead atoms. The number of ether oxygens (including phenoxy) is 1. The van der Waals surface area contributed by atoms with E-state index in [1.807, 2.05) is 49.4 Å². The van der Waals surface area contributed by atoms with E-state index in [0.717, 1.165) is 6.42 Å². The zero-order valence-corrected chi connectivity index (χ0v) is 16.2. The molecule has 0 spiro atoms. The third-order valence-electron chi connectivity index (χ3n) is 4.41. The summed E-state index contributed by atoms with van der Waals surface area (Å²) in [6, 6.07) is 17.1. The Kier molecular flexibility index (Phi) is 6.76. The molecule has 0 radical (unpaired) electrons. The summed E-state index contributed by atoms with van der Waals surface area (Å²) in [5.74, 6) is 1.78. The largest absolute Gasteiger partial charge is 0.493 e. The second kappa shape index (κ2) is 9.46. The minimum atomic E-state index is -0.412. The van der Waals surface area contributed by atoms with Gasteiger partial charge in [0, 0.05) is 30.3 Å². The lowest BCUT2D eigenvalue weighted by atomic mass is 10.2. The first-order valence-electron chi connectivity index (χ1n) is 9.12. The summed E-state index contributed by atoms with van der Waals surface area (Å²) < 4.78 is 5.81. The van der Waals surface area contributed by atoms with Gasteiger partial charge in [-0.25, -0.2) is 0 Å². The number of carbonyl (C=O) groups excluding carboxylic acids is 2. The quantitative estimate of drug-likeness (QED) is 0.793. The number of rotatable bonds is 7. The number of thioether (sulfide) groups is 1. The van der Waals surface area contributed by atoms with Gasteiger partial charge in [0.1, 0.15) is 11.8 Å². The SMILES string of the molecule is CCC(=O)N1CSCC1C(=O)Nc1cccc(OCCc2ccccc2)c1. The Morgan fingerprint density at radius 2 is 2.00 bits per heavy atom. The molecule has 1 unspecified atom stereocenters. The number of hydrogen-bond acceptors (Lipinski definition) is 4. The average molecular weight is 385 g/mol. The molecular formula is C21H24N2O3S. The Morgan fingerprint density at radius 1 is 1.19 bits per heavy atom. The first-order valence-corrected chi connectivity index (χ1v) is 10.3. The highest BCUT2D eigenvalue weighted by Gasteiger charge is 2.33. The molecule has 0 aliphatic carbocycles. The topological polar surface area (TPSA) is 58.6 Å². The molecule has 3 rings (SSSR count). The van der Waals surface area contributed by atoms with Crippen LogP contribution in [0.4, 0.5) is 5.69 Å². The molecule has 27 heavy (non-hydrogen) atoms. The summed E-state index contributed by atoms with van der Waals surface area (Å²) in [6.07, 6.45) is 1.24. The normalized spacial score (nSPS) is 16.2. The third kappa shape index (κ3) is 5.26. The second-order valence-electron chi connectivity index (χ2n) is 6.33. The van der Waals surface area contributed by atoms with Gasteiger partial charge in [-0.1, -0.05) is 43.3 Å². The van der Waals surface area contributed by atoms with Crippen molar-refractivity contribution in [2.45, 2.75) is 25.8 Å². The van der Waals surface area contributed by atoms with Gasteiger partial charge in [0.15, 0.2) is 0 Å². The van der Waals surface area contributed by atoms with Crippen LogP contribution < -0.4 is 10.1 Å². The van der Waals surface area contributed by atoms with E-state index in [1.165, 1.54) is 5.56 Å². The van der Waals surface area contributed by atoms with E-state index in [9.17, 15) is 9.59 Å². The summed E-state index contributed by atoms with van der Waals surface area (Å²) in [4.78, 5) is 26.2. The molecule has 2 aromatic carbocycles. The molecule has 2 aromatic rings. The number of carbonyl (C=O) groups is 2. The van der Waals surface area contributed by atoms with Crippen molar-refractivity contribution in [2.24, 2.45) is 0 Å². The van der Waals surface area contributed by atoms with Gasteiger partial charge in [-0.15, -0.1) is 11.8 Å². The van der Waals surface area contributed by atoms with Gasteiger partial charge in [0.25, 0.3) is 0 Å². The molecule has 1 aliphatic rings. The lowest BCUT2D eigenvalue weighted by molar-refractivity contribution is -0.135. The van der Waals surface area contributed by atoms with Crippen molar-refractivity contribution in [1.82, 2.24) is 4.90 Å². The van der Waals surface area contributed by atoms with Crippen molar-refractivity contribution >= 4 is 29.3 Å². The van der Waals surface area contributed by atoms with Crippen LogP contribution in [0, 0.1) is 0 Å². The summed E-state index contributed by atoms with van der Waals surface area (Å²) >= 11 is 1.60. The van der Waals surface area contributed by atoms with Crippen LogP contribution in [0.5, 0.6) is 5.75 Å². The van der Waals surface area contributed by atoms with Crippen LogP contribution >= 0.6 is 11.8 Å². The van der Waals surface area contributed by atoms with E-state index in [2.05, 4.69) is 17.4 Å². The lowest BCUT2D eigenvalue weighted by Crippen LogP contribution is -2.44. The van der Waals surface area contributed by atoms with Gasteiger partial charge in [0.05, 0.1) is 12.5 Å². The molecule has 0 saturated carbocycles. The van der Waals surface area contributed by atoms with E-state index >= 15 is 0 Å². The molecular weight excluding hydrogens is 360 g/mol. The van der Waals surface area contributed by atoms with Crippen LogP contribution in [0.25, 0.3) is 0 Å². The second-order valence-corrected chi connectivity index (χ2v) is 7.33. The highest BCUT2D eigenvalue weighted by Crippen LogP contribution is 2.24. The van der Waals surface area contributed by atoms with Crippen LogP contribution in [0.2, 0.25) is 0 Å². The molecule has 1 saturated heterocycles. The van der Waals surface area contributed by atoms with Crippen LogP contribution in [0.3, 0.4) is 0 Å². The van der Waals surface area contributed by atoms with Gasteiger partial charge < -0.3 is 15.0 Å². The maximum Gasteiger partial charge on any atom is 0.248 e. The zero-order chi connectivity index (χ0) is 19.1. The van der Waals surface area contributed by atoms with E-state index in [1.54, 1.807) is 16.7 Å².